The molecule has 19 heavy (non-hydrogen) atoms. The van der Waals surface area contributed by atoms with Gasteiger partial charge in [-0.05, 0) is 18.7 Å². The van der Waals surface area contributed by atoms with Crippen LogP contribution < -0.4 is 16.8 Å². The van der Waals surface area contributed by atoms with Crippen LogP contribution in [0.3, 0.4) is 0 Å². The molecule has 0 bridgehead atoms. The number of hydrogen-bond donors (Lipinski definition) is 3. The third-order valence-electron chi connectivity index (χ3n) is 2.67. The quantitative estimate of drug-likeness (QED) is 0.702. The number of imidazole rings is 1. The highest BCUT2D eigenvalue weighted by atomic mass is 16.2. The summed E-state index contributed by atoms with van der Waals surface area (Å²) >= 11 is 0. The summed E-state index contributed by atoms with van der Waals surface area (Å²) in [7, 11) is 0. The lowest BCUT2D eigenvalue weighted by atomic mass is 10.3. The number of rotatable bonds is 4. The molecule has 0 saturated carbocycles. The SMILES string of the molecule is NCCc1nc2ccccc2n1CC(=O)NC(N)=O. The number of fused-ring (bicyclic) bond motifs is 1. The number of carbonyl (C=O) groups is 2. The molecule has 0 unspecified atom stereocenters. The van der Waals surface area contributed by atoms with Gasteiger partial charge in [0.15, 0.2) is 0 Å². The predicted molar refractivity (Wildman–Crippen MR) is 70.2 cm³/mol. The van der Waals surface area contributed by atoms with E-state index in [-0.39, 0.29) is 6.54 Å². The van der Waals surface area contributed by atoms with Crippen LogP contribution in [0.15, 0.2) is 24.3 Å². The van der Waals surface area contributed by atoms with Crippen LogP contribution >= 0.6 is 0 Å². The summed E-state index contributed by atoms with van der Waals surface area (Å²) in [5.74, 6) is 0.234. The number of imide groups is 1. The molecule has 0 aliphatic rings. The Kier molecular flexibility index (Phi) is 3.76. The second kappa shape index (κ2) is 5.49. The number of benzene rings is 1. The van der Waals surface area contributed by atoms with E-state index in [2.05, 4.69) is 4.98 Å². The summed E-state index contributed by atoms with van der Waals surface area (Å²) < 4.78 is 1.74. The standard InChI is InChI=1S/C12H15N5O2/c13-6-5-10-15-8-3-1-2-4-9(8)17(10)7-11(18)16-12(14)19/h1-4H,5-7,13H2,(H3,14,16,18,19). The van der Waals surface area contributed by atoms with Crippen LogP contribution in [0, 0.1) is 0 Å². The van der Waals surface area contributed by atoms with Crippen LogP contribution in [0.4, 0.5) is 4.79 Å². The number of nitrogens with two attached hydrogens (primary N) is 2. The van der Waals surface area contributed by atoms with Crippen LogP contribution in [0.25, 0.3) is 11.0 Å². The normalized spacial score (nSPS) is 10.6. The van der Waals surface area contributed by atoms with Gasteiger partial charge in [0.1, 0.15) is 12.4 Å². The zero-order valence-corrected chi connectivity index (χ0v) is 10.3. The first-order valence-electron chi connectivity index (χ1n) is 5.85. The van der Waals surface area contributed by atoms with Crippen LogP contribution in [-0.4, -0.2) is 28.0 Å². The first kappa shape index (κ1) is 13.0. The fourth-order valence-corrected chi connectivity index (χ4v) is 1.94. The molecule has 2 aromatic rings. The Balaban J connectivity index is 2.36. The first-order chi connectivity index (χ1) is 9.11. The van der Waals surface area contributed by atoms with Crippen LogP contribution in [0.5, 0.6) is 0 Å². The van der Waals surface area contributed by atoms with E-state index in [1.807, 2.05) is 29.6 Å². The molecule has 0 radical (unpaired) electrons. The number of para-hydroxylation sites is 2. The van der Waals surface area contributed by atoms with E-state index in [0.29, 0.717) is 18.8 Å². The molecule has 1 aromatic carbocycles. The minimum atomic E-state index is -0.866. The summed E-state index contributed by atoms with van der Waals surface area (Å²) in [5.41, 5.74) is 12.1. The third kappa shape index (κ3) is 2.89. The lowest BCUT2D eigenvalue weighted by Gasteiger charge is -2.07. The van der Waals surface area contributed by atoms with Crippen molar-refractivity contribution in [1.82, 2.24) is 14.9 Å². The van der Waals surface area contributed by atoms with Gasteiger partial charge in [-0.2, -0.15) is 0 Å². The Morgan fingerprint density at radius 1 is 1.32 bits per heavy atom. The zero-order valence-electron chi connectivity index (χ0n) is 10.3. The summed E-state index contributed by atoms with van der Waals surface area (Å²) in [6.45, 7) is 0.416. The minimum Gasteiger partial charge on any atom is -0.351 e. The number of nitrogens with zero attached hydrogens (tertiary/aromatic N) is 2. The highest BCUT2D eigenvalue weighted by Gasteiger charge is 2.13. The van der Waals surface area contributed by atoms with Gasteiger partial charge in [0.25, 0.3) is 0 Å². The molecule has 5 N–H and O–H groups in total. The second-order valence-electron chi connectivity index (χ2n) is 4.05. The average molecular weight is 261 g/mol. The van der Waals surface area contributed by atoms with Gasteiger partial charge < -0.3 is 16.0 Å². The molecule has 1 aromatic heterocycles. The maximum Gasteiger partial charge on any atom is 0.318 e. The number of amides is 3. The van der Waals surface area contributed by atoms with E-state index in [1.54, 1.807) is 4.57 Å². The first-order valence-corrected chi connectivity index (χ1v) is 5.85. The average Bonchev–Trinajstić information content (AvgIpc) is 2.67. The summed E-state index contributed by atoms with van der Waals surface area (Å²) in [6, 6.07) is 6.58. The molecule has 1 heterocycles. The molecule has 0 aliphatic heterocycles. The molecule has 2 rings (SSSR count). The van der Waals surface area contributed by atoms with E-state index in [4.69, 9.17) is 11.5 Å². The van der Waals surface area contributed by atoms with Crippen LogP contribution in [-0.2, 0) is 17.8 Å². The second-order valence-corrected chi connectivity index (χ2v) is 4.05. The Bertz CT molecular complexity index is 620. The highest BCUT2D eigenvalue weighted by molar-refractivity contribution is 5.94. The van der Waals surface area contributed by atoms with Crippen molar-refractivity contribution >= 4 is 23.0 Å². The molecule has 0 atom stereocenters. The molecule has 3 amide bonds. The number of primary amides is 1. The Labute approximate surface area is 109 Å². The number of nitrogens with one attached hydrogen (secondary N) is 1. The van der Waals surface area contributed by atoms with Crippen molar-refractivity contribution in [2.75, 3.05) is 6.54 Å². The lowest BCUT2D eigenvalue weighted by molar-refractivity contribution is -0.120. The number of urea groups is 1. The molecule has 100 valence electrons. The minimum absolute atomic E-state index is 0.0151. The zero-order chi connectivity index (χ0) is 13.8. The van der Waals surface area contributed by atoms with E-state index in [1.165, 1.54) is 0 Å². The van der Waals surface area contributed by atoms with Gasteiger partial charge >= 0.3 is 6.03 Å². The fourth-order valence-electron chi connectivity index (χ4n) is 1.94. The third-order valence-corrected chi connectivity index (χ3v) is 2.67. The van der Waals surface area contributed by atoms with Crippen molar-refractivity contribution in [3.05, 3.63) is 30.1 Å². The summed E-state index contributed by atoms with van der Waals surface area (Å²) in [6.07, 6.45) is 0.554. The molecule has 0 spiro atoms. The molecule has 0 aliphatic carbocycles. The number of hydrogen-bond acceptors (Lipinski definition) is 4. The smallest absolute Gasteiger partial charge is 0.318 e. The van der Waals surface area contributed by atoms with Gasteiger partial charge in [-0.1, -0.05) is 12.1 Å². The molecular formula is C12H15N5O2. The van der Waals surface area contributed by atoms with Crippen LogP contribution in [0.1, 0.15) is 5.82 Å². The van der Waals surface area contributed by atoms with Crippen LogP contribution in [0.2, 0.25) is 0 Å². The molecule has 7 heteroatoms. The van der Waals surface area contributed by atoms with Gasteiger partial charge in [0.2, 0.25) is 5.91 Å². The Morgan fingerprint density at radius 2 is 2.05 bits per heavy atom. The lowest BCUT2D eigenvalue weighted by Crippen LogP contribution is -2.37. The topological polar surface area (TPSA) is 116 Å². The van der Waals surface area contributed by atoms with Crippen molar-refractivity contribution < 1.29 is 9.59 Å². The van der Waals surface area contributed by atoms with Crippen molar-refractivity contribution in [2.24, 2.45) is 11.5 Å². The van der Waals surface area contributed by atoms with E-state index in [0.717, 1.165) is 11.0 Å². The van der Waals surface area contributed by atoms with Gasteiger partial charge in [0.05, 0.1) is 11.0 Å². The Hall–Kier alpha value is -2.41. The van der Waals surface area contributed by atoms with Crippen molar-refractivity contribution in [1.29, 1.82) is 0 Å². The summed E-state index contributed by atoms with van der Waals surface area (Å²) in [5, 5.41) is 2.04. The van der Waals surface area contributed by atoms with Gasteiger partial charge in [-0.3, -0.25) is 10.1 Å². The molecule has 0 fully saturated rings. The van der Waals surface area contributed by atoms with E-state index in [9.17, 15) is 9.59 Å². The van der Waals surface area contributed by atoms with Gasteiger partial charge in [-0.15, -0.1) is 0 Å². The Morgan fingerprint density at radius 3 is 2.74 bits per heavy atom. The molecular weight excluding hydrogens is 246 g/mol. The maximum atomic E-state index is 11.6. The largest absolute Gasteiger partial charge is 0.351 e. The number of aromatic nitrogens is 2. The van der Waals surface area contributed by atoms with Crippen molar-refractivity contribution in [2.45, 2.75) is 13.0 Å². The fraction of sp³-hybridized carbons (Fsp3) is 0.250. The highest BCUT2D eigenvalue weighted by Crippen LogP contribution is 2.16. The maximum absolute atomic E-state index is 11.6. The van der Waals surface area contributed by atoms with E-state index < -0.39 is 11.9 Å². The monoisotopic (exact) mass is 261 g/mol. The van der Waals surface area contributed by atoms with Crippen molar-refractivity contribution in [3.63, 3.8) is 0 Å². The molecule has 7 nitrogen and oxygen atoms in total. The van der Waals surface area contributed by atoms with Crippen molar-refractivity contribution in [3.8, 4) is 0 Å². The molecule has 0 saturated heterocycles. The van der Waals surface area contributed by atoms with E-state index >= 15 is 0 Å². The van der Waals surface area contributed by atoms with Gasteiger partial charge in [0, 0.05) is 6.42 Å². The summed E-state index contributed by atoms with van der Waals surface area (Å²) in [4.78, 5) is 26.7. The number of carbonyl (C=O) groups excluding carboxylic acids is 2. The predicted octanol–water partition coefficient (Wildman–Crippen LogP) is -0.268. The van der Waals surface area contributed by atoms with Gasteiger partial charge in [-0.25, -0.2) is 9.78 Å².